The van der Waals surface area contributed by atoms with Gasteiger partial charge in [0.2, 0.25) is 0 Å². The molecule has 14 heavy (non-hydrogen) atoms. The Balaban J connectivity index is 2.11. The van der Waals surface area contributed by atoms with Crippen LogP contribution < -0.4 is 16.0 Å². The Kier molecular flexibility index (Phi) is 2.19. The zero-order chi connectivity index (χ0) is 10.2. The van der Waals surface area contributed by atoms with Crippen LogP contribution in [0.3, 0.4) is 0 Å². The Labute approximate surface area is 82.6 Å². The molecule has 0 spiro atoms. The van der Waals surface area contributed by atoms with Gasteiger partial charge < -0.3 is 10.6 Å². The highest BCUT2D eigenvalue weighted by Gasteiger charge is 2.48. The van der Waals surface area contributed by atoms with E-state index in [9.17, 15) is 9.59 Å². The molecular weight excluding hydrogens is 182 g/mol. The number of amides is 3. The van der Waals surface area contributed by atoms with E-state index in [1.165, 1.54) is 12.8 Å². The molecule has 2 aliphatic rings. The molecule has 0 aromatic rings. The van der Waals surface area contributed by atoms with Crippen molar-refractivity contribution >= 4 is 11.9 Å². The average molecular weight is 197 g/mol. The molecule has 1 heterocycles. The van der Waals surface area contributed by atoms with E-state index in [1.54, 1.807) is 7.05 Å². The van der Waals surface area contributed by atoms with Gasteiger partial charge in [-0.15, -0.1) is 0 Å². The smallest absolute Gasteiger partial charge is 0.322 e. The van der Waals surface area contributed by atoms with Gasteiger partial charge >= 0.3 is 6.03 Å². The van der Waals surface area contributed by atoms with Crippen LogP contribution in [0.2, 0.25) is 0 Å². The Bertz CT molecular complexity index is 275. The van der Waals surface area contributed by atoms with E-state index in [-0.39, 0.29) is 11.9 Å². The molecule has 5 heteroatoms. The van der Waals surface area contributed by atoms with Gasteiger partial charge in [-0.05, 0) is 19.4 Å². The molecular formula is C9H15N3O2. The number of nitrogens with one attached hydrogen (secondary N) is 3. The van der Waals surface area contributed by atoms with Crippen molar-refractivity contribution in [2.45, 2.75) is 24.8 Å². The highest BCUT2D eigenvalue weighted by molar-refractivity contribution is 6.07. The molecule has 3 N–H and O–H groups in total. The highest BCUT2D eigenvalue weighted by atomic mass is 16.2. The van der Waals surface area contributed by atoms with E-state index in [0.717, 1.165) is 6.42 Å². The van der Waals surface area contributed by atoms with Crippen molar-refractivity contribution < 1.29 is 9.59 Å². The maximum atomic E-state index is 11.6. The molecule has 1 unspecified atom stereocenters. The lowest BCUT2D eigenvalue weighted by Crippen LogP contribution is -2.54. The van der Waals surface area contributed by atoms with Gasteiger partial charge in [0, 0.05) is 6.54 Å². The van der Waals surface area contributed by atoms with Crippen molar-refractivity contribution in [2.75, 3.05) is 13.6 Å². The van der Waals surface area contributed by atoms with E-state index < -0.39 is 5.54 Å². The molecule has 1 aliphatic carbocycles. The van der Waals surface area contributed by atoms with Crippen molar-refractivity contribution in [2.24, 2.45) is 5.92 Å². The highest BCUT2D eigenvalue weighted by Crippen LogP contribution is 2.37. The first-order chi connectivity index (χ1) is 6.66. The van der Waals surface area contributed by atoms with Crippen LogP contribution in [-0.4, -0.2) is 31.1 Å². The third-order valence-electron chi connectivity index (χ3n) is 2.83. The maximum absolute atomic E-state index is 11.6. The molecule has 0 radical (unpaired) electrons. The molecule has 0 aromatic heterocycles. The van der Waals surface area contributed by atoms with Gasteiger partial charge in [0.05, 0.1) is 0 Å². The zero-order valence-corrected chi connectivity index (χ0v) is 8.22. The second-order valence-electron chi connectivity index (χ2n) is 4.17. The van der Waals surface area contributed by atoms with Crippen molar-refractivity contribution in [3.63, 3.8) is 0 Å². The van der Waals surface area contributed by atoms with Crippen LogP contribution in [0.25, 0.3) is 0 Å². The quantitative estimate of drug-likeness (QED) is 0.536. The minimum absolute atomic E-state index is 0.191. The summed E-state index contributed by atoms with van der Waals surface area (Å²) in [5, 5.41) is 7.98. The molecule has 78 valence electrons. The molecule has 3 amide bonds. The lowest BCUT2D eigenvalue weighted by molar-refractivity contribution is -0.124. The van der Waals surface area contributed by atoms with Crippen LogP contribution in [0.1, 0.15) is 19.3 Å². The third-order valence-corrected chi connectivity index (χ3v) is 2.83. The minimum Gasteiger partial charge on any atom is -0.322 e. The summed E-state index contributed by atoms with van der Waals surface area (Å²) < 4.78 is 0. The topological polar surface area (TPSA) is 70.2 Å². The number of carbonyl (C=O) groups is 2. The summed E-state index contributed by atoms with van der Waals surface area (Å²) in [6.45, 7) is 0.501. The SMILES string of the molecule is CNCC1(CC2CC2)NC(=O)NC1=O. The standard InChI is InChI=1S/C9H15N3O2/c1-10-5-9(4-6-2-3-6)7(13)11-8(14)12-9/h6,10H,2-5H2,1H3,(H2,11,12,13,14). The fourth-order valence-electron chi connectivity index (χ4n) is 1.99. The van der Waals surface area contributed by atoms with Gasteiger partial charge in [-0.2, -0.15) is 0 Å². The number of rotatable bonds is 4. The van der Waals surface area contributed by atoms with Crippen molar-refractivity contribution in [3.05, 3.63) is 0 Å². The summed E-state index contributed by atoms with van der Waals surface area (Å²) >= 11 is 0. The Morgan fingerprint density at radius 2 is 2.21 bits per heavy atom. The first kappa shape index (κ1) is 9.45. The Hall–Kier alpha value is -1.10. The zero-order valence-electron chi connectivity index (χ0n) is 8.22. The maximum Gasteiger partial charge on any atom is 0.322 e. The van der Waals surface area contributed by atoms with Crippen LogP contribution in [0, 0.1) is 5.92 Å². The van der Waals surface area contributed by atoms with Gasteiger partial charge in [-0.25, -0.2) is 4.79 Å². The molecule has 1 atom stereocenters. The number of likely N-dealkylation sites (N-methyl/N-ethyl adjacent to an activating group) is 1. The van der Waals surface area contributed by atoms with Crippen LogP contribution in [-0.2, 0) is 4.79 Å². The van der Waals surface area contributed by atoms with Crippen molar-refractivity contribution in [1.29, 1.82) is 0 Å². The average Bonchev–Trinajstić information content (AvgIpc) is 2.83. The molecule has 0 bridgehead atoms. The lowest BCUT2D eigenvalue weighted by Gasteiger charge is -2.25. The second-order valence-corrected chi connectivity index (χ2v) is 4.17. The first-order valence-electron chi connectivity index (χ1n) is 4.94. The van der Waals surface area contributed by atoms with Crippen molar-refractivity contribution in [3.8, 4) is 0 Å². The monoisotopic (exact) mass is 197 g/mol. The normalized spacial score (nSPS) is 31.5. The van der Waals surface area contributed by atoms with E-state index in [0.29, 0.717) is 12.5 Å². The molecule has 2 fully saturated rings. The minimum atomic E-state index is -0.701. The van der Waals surface area contributed by atoms with Crippen molar-refractivity contribution in [1.82, 2.24) is 16.0 Å². The Morgan fingerprint density at radius 3 is 2.64 bits per heavy atom. The van der Waals surface area contributed by atoms with Gasteiger partial charge in [0.25, 0.3) is 5.91 Å². The first-order valence-corrected chi connectivity index (χ1v) is 4.94. The van der Waals surface area contributed by atoms with E-state index in [4.69, 9.17) is 0 Å². The summed E-state index contributed by atoms with van der Waals surface area (Å²) in [5.41, 5.74) is -0.701. The van der Waals surface area contributed by atoms with Gasteiger partial charge in [-0.1, -0.05) is 12.8 Å². The second kappa shape index (κ2) is 3.24. The fourth-order valence-corrected chi connectivity index (χ4v) is 1.99. The summed E-state index contributed by atoms with van der Waals surface area (Å²) in [4.78, 5) is 22.7. The van der Waals surface area contributed by atoms with Crippen LogP contribution in [0.4, 0.5) is 4.79 Å². The van der Waals surface area contributed by atoms with Crippen LogP contribution in [0.15, 0.2) is 0 Å². The summed E-state index contributed by atoms with van der Waals surface area (Å²) in [7, 11) is 1.78. The molecule has 2 rings (SSSR count). The molecule has 1 aliphatic heterocycles. The van der Waals surface area contributed by atoms with E-state index in [2.05, 4.69) is 16.0 Å². The summed E-state index contributed by atoms with van der Waals surface area (Å²) in [6.07, 6.45) is 3.11. The summed E-state index contributed by atoms with van der Waals surface area (Å²) in [6, 6.07) is -0.370. The van der Waals surface area contributed by atoms with Crippen LogP contribution >= 0.6 is 0 Å². The van der Waals surface area contributed by atoms with Crippen LogP contribution in [0.5, 0.6) is 0 Å². The van der Waals surface area contributed by atoms with Gasteiger partial charge in [-0.3, -0.25) is 10.1 Å². The number of hydrogen-bond donors (Lipinski definition) is 3. The lowest BCUT2D eigenvalue weighted by atomic mass is 9.92. The Morgan fingerprint density at radius 1 is 1.50 bits per heavy atom. The third kappa shape index (κ3) is 1.59. The number of carbonyl (C=O) groups excluding carboxylic acids is 2. The molecule has 5 nitrogen and oxygen atoms in total. The molecule has 0 aromatic carbocycles. The number of hydrogen-bond acceptors (Lipinski definition) is 3. The predicted octanol–water partition coefficient (Wildman–Crippen LogP) is -0.416. The molecule has 1 saturated carbocycles. The number of imide groups is 1. The fraction of sp³-hybridized carbons (Fsp3) is 0.778. The number of urea groups is 1. The molecule has 1 saturated heterocycles. The van der Waals surface area contributed by atoms with Gasteiger partial charge in [0.1, 0.15) is 5.54 Å². The van der Waals surface area contributed by atoms with E-state index >= 15 is 0 Å². The van der Waals surface area contributed by atoms with E-state index in [1.807, 2.05) is 0 Å². The summed E-state index contributed by atoms with van der Waals surface area (Å²) in [5.74, 6) is 0.413. The van der Waals surface area contributed by atoms with Gasteiger partial charge in [0.15, 0.2) is 0 Å². The predicted molar refractivity (Wildman–Crippen MR) is 50.7 cm³/mol. The largest absolute Gasteiger partial charge is 0.322 e.